The summed E-state index contributed by atoms with van der Waals surface area (Å²) in [6, 6.07) is 2.98. The SMILES string of the molecule is Nc1cc(Br)cc([N+](=O)[O-])c1Br. The van der Waals surface area contributed by atoms with E-state index in [2.05, 4.69) is 31.9 Å². The minimum Gasteiger partial charge on any atom is -0.398 e. The normalized spacial score (nSPS) is 9.83. The number of nitro benzene ring substituents is 1. The largest absolute Gasteiger partial charge is 0.398 e. The molecule has 0 aliphatic carbocycles. The summed E-state index contributed by atoms with van der Waals surface area (Å²) in [6.07, 6.45) is 0. The van der Waals surface area contributed by atoms with Crippen molar-refractivity contribution < 1.29 is 4.92 Å². The first-order chi connectivity index (χ1) is 5.52. The summed E-state index contributed by atoms with van der Waals surface area (Å²) in [7, 11) is 0. The molecule has 0 aromatic heterocycles. The van der Waals surface area contributed by atoms with Crippen molar-refractivity contribution in [1.82, 2.24) is 0 Å². The number of rotatable bonds is 1. The zero-order chi connectivity index (χ0) is 9.30. The van der Waals surface area contributed by atoms with Crippen LogP contribution in [0.2, 0.25) is 0 Å². The average molecular weight is 296 g/mol. The molecule has 6 heteroatoms. The number of anilines is 1. The highest BCUT2D eigenvalue weighted by Crippen LogP contribution is 2.33. The molecule has 64 valence electrons. The molecule has 0 atom stereocenters. The summed E-state index contributed by atoms with van der Waals surface area (Å²) in [5.41, 5.74) is 5.78. The van der Waals surface area contributed by atoms with Gasteiger partial charge in [0.25, 0.3) is 5.69 Å². The molecule has 1 aromatic rings. The van der Waals surface area contributed by atoms with Crippen LogP contribution < -0.4 is 5.73 Å². The summed E-state index contributed by atoms with van der Waals surface area (Å²) in [4.78, 5) is 9.93. The van der Waals surface area contributed by atoms with Crippen molar-refractivity contribution in [2.24, 2.45) is 0 Å². The van der Waals surface area contributed by atoms with E-state index in [9.17, 15) is 10.1 Å². The maximum Gasteiger partial charge on any atom is 0.286 e. The maximum absolute atomic E-state index is 10.4. The fourth-order valence-corrected chi connectivity index (χ4v) is 1.57. The van der Waals surface area contributed by atoms with Crippen molar-refractivity contribution >= 4 is 43.2 Å². The third kappa shape index (κ3) is 1.75. The smallest absolute Gasteiger partial charge is 0.286 e. The predicted molar refractivity (Wildman–Crippen MR) is 52.9 cm³/mol. The van der Waals surface area contributed by atoms with Gasteiger partial charge in [-0.1, -0.05) is 15.9 Å². The highest BCUT2D eigenvalue weighted by Gasteiger charge is 2.14. The van der Waals surface area contributed by atoms with Gasteiger partial charge >= 0.3 is 0 Å². The van der Waals surface area contributed by atoms with Crippen LogP contribution in [0.3, 0.4) is 0 Å². The quantitative estimate of drug-likeness (QED) is 0.492. The molecule has 2 N–H and O–H groups in total. The number of nitrogens with zero attached hydrogens (tertiary/aromatic N) is 1. The van der Waals surface area contributed by atoms with Gasteiger partial charge in [-0.2, -0.15) is 0 Å². The third-order valence-corrected chi connectivity index (χ3v) is 2.56. The van der Waals surface area contributed by atoms with Crippen LogP contribution in [0.4, 0.5) is 11.4 Å². The lowest BCUT2D eigenvalue weighted by atomic mass is 10.3. The Kier molecular flexibility index (Phi) is 2.69. The first-order valence-corrected chi connectivity index (χ1v) is 4.50. The van der Waals surface area contributed by atoms with Crippen LogP contribution in [0.15, 0.2) is 21.1 Å². The molecule has 0 saturated carbocycles. The summed E-state index contributed by atoms with van der Waals surface area (Å²) < 4.78 is 0.908. The number of hydrogen-bond donors (Lipinski definition) is 1. The van der Waals surface area contributed by atoms with Crippen molar-refractivity contribution in [3.05, 3.63) is 31.2 Å². The summed E-state index contributed by atoms with van der Waals surface area (Å²) in [5.74, 6) is 0. The molecule has 0 heterocycles. The van der Waals surface area contributed by atoms with E-state index in [1.54, 1.807) is 6.07 Å². The average Bonchev–Trinajstić information content (AvgIpc) is 1.96. The molecule has 0 bridgehead atoms. The number of nitrogens with two attached hydrogens (primary N) is 1. The van der Waals surface area contributed by atoms with Gasteiger partial charge < -0.3 is 5.73 Å². The fourth-order valence-electron chi connectivity index (χ4n) is 0.728. The molecule has 0 saturated heterocycles. The Morgan fingerprint density at radius 1 is 1.42 bits per heavy atom. The van der Waals surface area contributed by atoms with E-state index >= 15 is 0 Å². The molecule has 12 heavy (non-hydrogen) atoms. The molecule has 0 spiro atoms. The summed E-state index contributed by atoms with van der Waals surface area (Å²) in [5, 5.41) is 10.4. The summed E-state index contributed by atoms with van der Waals surface area (Å²) >= 11 is 6.14. The molecule has 1 aromatic carbocycles. The maximum atomic E-state index is 10.4. The Morgan fingerprint density at radius 3 is 2.50 bits per heavy atom. The van der Waals surface area contributed by atoms with Crippen LogP contribution >= 0.6 is 31.9 Å². The van der Waals surface area contributed by atoms with E-state index in [4.69, 9.17) is 5.73 Å². The highest BCUT2D eigenvalue weighted by molar-refractivity contribution is 9.11. The topological polar surface area (TPSA) is 69.2 Å². The second-order valence-electron chi connectivity index (χ2n) is 2.09. The molecule has 4 nitrogen and oxygen atoms in total. The van der Waals surface area contributed by atoms with Crippen molar-refractivity contribution in [3.63, 3.8) is 0 Å². The van der Waals surface area contributed by atoms with Gasteiger partial charge in [0.05, 0.1) is 10.6 Å². The number of hydrogen-bond acceptors (Lipinski definition) is 3. The third-order valence-electron chi connectivity index (χ3n) is 1.24. The molecule has 0 fully saturated rings. The lowest BCUT2D eigenvalue weighted by molar-refractivity contribution is -0.385. The van der Waals surface area contributed by atoms with E-state index in [1.165, 1.54) is 6.07 Å². The van der Waals surface area contributed by atoms with E-state index < -0.39 is 4.92 Å². The number of nitro groups is 1. The van der Waals surface area contributed by atoms with Crippen LogP contribution in [0.25, 0.3) is 0 Å². The number of halogens is 2. The van der Waals surface area contributed by atoms with Crippen LogP contribution in [-0.2, 0) is 0 Å². The molecule has 0 aliphatic heterocycles. The second-order valence-corrected chi connectivity index (χ2v) is 3.79. The van der Waals surface area contributed by atoms with Crippen LogP contribution in [0.5, 0.6) is 0 Å². The molecule has 0 unspecified atom stereocenters. The Balaban J connectivity index is 3.37. The first-order valence-electron chi connectivity index (χ1n) is 2.91. The van der Waals surface area contributed by atoms with Gasteiger partial charge in [0.1, 0.15) is 4.47 Å². The van der Waals surface area contributed by atoms with E-state index in [1.807, 2.05) is 0 Å². The van der Waals surface area contributed by atoms with Crippen molar-refractivity contribution in [2.75, 3.05) is 5.73 Å². The van der Waals surface area contributed by atoms with Gasteiger partial charge in [0.2, 0.25) is 0 Å². The molecular weight excluding hydrogens is 292 g/mol. The zero-order valence-corrected chi connectivity index (χ0v) is 8.92. The zero-order valence-electron chi connectivity index (χ0n) is 5.75. The highest BCUT2D eigenvalue weighted by atomic mass is 79.9. The van der Waals surface area contributed by atoms with Gasteiger partial charge in [0.15, 0.2) is 0 Å². The van der Waals surface area contributed by atoms with Crippen molar-refractivity contribution in [2.45, 2.75) is 0 Å². The minimum absolute atomic E-state index is 0.0399. The monoisotopic (exact) mass is 294 g/mol. The standard InChI is InChI=1S/C6H4Br2N2O2/c7-3-1-4(9)6(8)5(2-3)10(11)12/h1-2H,9H2. The second kappa shape index (κ2) is 3.40. The molecule has 1 rings (SSSR count). The lowest BCUT2D eigenvalue weighted by Crippen LogP contribution is -1.94. The predicted octanol–water partition coefficient (Wildman–Crippen LogP) is 2.70. The molecular formula is C6H4Br2N2O2. The number of nitrogen functional groups attached to an aromatic ring is 1. The minimum atomic E-state index is -0.495. The van der Waals surface area contributed by atoms with Gasteiger partial charge in [-0.05, 0) is 22.0 Å². The Hall–Kier alpha value is -0.620. The first kappa shape index (κ1) is 9.47. The van der Waals surface area contributed by atoms with Gasteiger partial charge in [-0.3, -0.25) is 10.1 Å². The molecule has 0 aliphatic rings. The van der Waals surface area contributed by atoms with E-state index in [0.29, 0.717) is 14.6 Å². The molecule has 0 radical (unpaired) electrons. The van der Waals surface area contributed by atoms with E-state index in [-0.39, 0.29) is 5.69 Å². The van der Waals surface area contributed by atoms with Gasteiger partial charge in [-0.15, -0.1) is 0 Å². The summed E-state index contributed by atoms with van der Waals surface area (Å²) in [6.45, 7) is 0. The number of benzene rings is 1. The Labute approximate surface area is 85.2 Å². The van der Waals surface area contributed by atoms with Crippen molar-refractivity contribution in [3.8, 4) is 0 Å². The van der Waals surface area contributed by atoms with Gasteiger partial charge in [0, 0.05) is 10.5 Å². The van der Waals surface area contributed by atoms with Crippen LogP contribution in [0, 0.1) is 10.1 Å². The Morgan fingerprint density at radius 2 is 2.00 bits per heavy atom. The van der Waals surface area contributed by atoms with Crippen molar-refractivity contribution in [1.29, 1.82) is 0 Å². The Bertz CT molecular complexity index is 341. The van der Waals surface area contributed by atoms with Crippen LogP contribution in [-0.4, -0.2) is 4.92 Å². The van der Waals surface area contributed by atoms with Gasteiger partial charge in [-0.25, -0.2) is 0 Å². The lowest BCUT2D eigenvalue weighted by Gasteiger charge is -1.99. The van der Waals surface area contributed by atoms with E-state index in [0.717, 1.165) is 0 Å². The van der Waals surface area contributed by atoms with Crippen LogP contribution in [0.1, 0.15) is 0 Å². The fraction of sp³-hybridized carbons (Fsp3) is 0. The molecule has 0 amide bonds.